The molecule has 0 fully saturated rings. The summed E-state index contributed by atoms with van der Waals surface area (Å²) in [6, 6.07) is 3.03. The molecule has 0 spiro atoms. The number of fused-ring (bicyclic) bond motifs is 1. The van der Waals surface area contributed by atoms with Crippen molar-refractivity contribution >= 4 is 38.5 Å². The van der Waals surface area contributed by atoms with Gasteiger partial charge in [0.15, 0.2) is 11.6 Å². The average Bonchev–Trinajstić information content (AvgIpc) is 3.28. The highest BCUT2D eigenvalue weighted by atomic mass is 32.2. The molecule has 2 N–H and O–H groups in total. The summed E-state index contributed by atoms with van der Waals surface area (Å²) in [5, 5.41) is 0.278. The van der Waals surface area contributed by atoms with E-state index < -0.39 is 57.0 Å². The van der Waals surface area contributed by atoms with Crippen LogP contribution in [0.2, 0.25) is 0 Å². The van der Waals surface area contributed by atoms with Gasteiger partial charge in [0.1, 0.15) is 17.2 Å². The first-order valence-electron chi connectivity index (χ1n) is 10.8. The lowest BCUT2D eigenvalue weighted by atomic mass is 10.0. The van der Waals surface area contributed by atoms with E-state index >= 15 is 4.39 Å². The van der Waals surface area contributed by atoms with Gasteiger partial charge in [-0.15, -0.1) is 0 Å². The normalized spacial score (nSPS) is 12.1. The SMILES string of the molecule is CN(C)c1ncc(-c2cnc3[nH]cc(C(=O)c4ccc(F)c(NS(=O)(=O)CCC(F)(F)F)c4F)c3c2)cn1. The number of anilines is 2. The number of hydrogen-bond donors (Lipinski definition) is 2. The zero-order valence-electron chi connectivity index (χ0n) is 19.8. The molecular formula is C23H19F5N6O3S. The van der Waals surface area contributed by atoms with Crippen molar-refractivity contribution in [2.24, 2.45) is 0 Å². The number of carbonyl (C=O) groups is 1. The third-order valence-corrected chi connectivity index (χ3v) is 6.65. The zero-order chi connectivity index (χ0) is 27.8. The maximum absolute atomic E-state index is 15.2. The number of ketones is 1. The number of benzene rings is 1. The van der Waals surface area contributed by atoms with Crippen LogP contribution < -0.4 is 9.62 Å². The molecule has 0 atom stereocenters. The smallest absolute Gasteiger partial charge is 0.347 e. The fraction of sp³-hybridized carbons (Fsp3) is 0.217. The minimum atomic E-state index is -4.80. The molecule has 9 nitrogen and oxygen atoms in total. The lowest BCUT2D eigenvalue weighted by molar-refractivity contribution is -0.129. The molecule has 0 saturated carbocycles. The van der Waals surface area contributed by atoms with Crippen LogP contribution in [0.15, 0.2) is 43.0 Å². The van der Waals surface area contributed by atoms with Crippen molar-refractivity contribution in [1.29, 1.82) is 0 Å². The van der Waals surface area contributed by atoms with E-state index in [0.717, 1.165) is 6.07 Å². The van der Waals surface area contributed by atoms with Gasteiger partial charge in [-0.25, -0.2) is 32.2 Å². The van der Waals surface area contributed by atoms with Crippen LogP contribution >= 0.6 is 0 Å². The number of rotatable bonds is 8. The Morgan fingerprint density at radius 3 is 2.32 bits per heavy atom. The first-order valence-corrected chi connectivity index (χ1v) is 12.5. The monoisotopic (exact) mass is 554 g/mol. The molecule has 1 aromatic carbocycles. The van der Waals surface area contributed by atoms with Crippen LogP contribution in [0, 0.1) is 11.6 Å². The highest BCUT2D eigenvalue weighted by Crippen LogP contribution is 2.30. The van der Waals surface area contributed by atoms with Gasteiger partial charge in [-0.1, -0.05) is 0 Å². The molecule has 0 aliphatic rings. The Kier molecular flexibility index (Phi) is 7.06. The maximum atomic E-state index is 15.2. The molecule has 4 rings (SSSR count). The Bertz CT molecular complexity index is 1620. The number of pyridine rings is 1. The van der Waals surface area contributed by atoms with Crippen LogP contribution in [-0.4, -0.2) is 60.2 Å². The molecule has 15 heteroatoms. The fourth-order valence-corrected chi connectivity index (χ4v) is 4.57. The van der Waals surface area contributed by atoms with Crippen LogP contribution in [0.5, 0.6) is 0 Å². The molecule has 0 radical (unpaired) electrons. The quantitative estimate of drug-likeness (QED) is 0.246. The second kappa shape index (κ2) is 9.96. The summed E-state index contributed by atoms with van der Waals surface area (Å²) < 4.78 is 92.2. The van der Waals surface area contributed by atoms with Crippen LogP contribution in [0.4, 0.5) is 33.6 Å². The van der Waals surface area contributed by atoms with Crippen LogP contribution in [0.3, 0.4) is 0 Å². The summed E-state index contributed by atoms with van der Waals surface area (Å²) in [5.41, 5.74) is -0.628. The number of nitrogens with one attached hydrogen (secondary N) is 2. The minimum absolute atomic E-state index is 0.0587. The van der Waals surface area contributed by atoms with Gasteiger partial charge in [0.2, 0.25) is 16.0 Å². The van der Waals surface area contributed by atoms with Gasteiger partial charge in [-0.3, -0.25) is 9.52 Å². The van der Waals surface area contributed by atoms with Crippen molar-refractivity contribution in [3.63, 3.8) is 0 Å². The van der Waals surface area contributed by atoms with Crippen molar-refractivity contribution < 1.29 is 35.2 Å². The second-order valence-corrected chi connectivity index (χ2v) is 10.2. The highest BCUT2D eigenvalue weighted by molar-refractivity contribution is 7.92. The third kappa shape index (κ3) is 5.72. The molecule has 0 saturated heterocycles. The average molecular weight is 555 g/mol. The van der Waals surface area contributed by atoms with E-state index in [1.807, 2.05) is 0 Å². The number of aromatic nitrogens is 4. The molecule has 3 heterocycles. The van der Waals surface area contributed by atoms with E-state index in [-0.39, 0.29) is 16.6 Å². The number of halogens is 5. The summed E-state index contributed by atoms with van der Waals surface area (Å²) in [7, 11) is -1.24. The number of alkyl halides is 3. The van der Waals surface area contributed by atoms with E-state index in [4.69, 9.17) is 0 Å². The summed E-state index contributed by atoms with van der Waals surface area (Å²) in [5.74, 6) is -4.90. The molecule has 200 valence electrons. The second-order valence-electron chi connectivity index (χ2n) is 8.39. The highest BCUT2D eigenvalue weighted by Gasteiger charge is 2.31. The molecule has 0 amide bonds. The summed E-state index contributed by atoms with van der Waals surface area (Å²) in [6.07, 6.45) is -0.657. The van der Waals surface area contributed by atoms with Gasteiger partial charge in [0.05, 0.1) is 17.7 Å². The number of nitrogens with zero attached hydrogens (tertiary/aromatic N) is 4. The number of hydrogen-bond acceptors (Lipinski definition) is 7. The van der Waals surface area contributed by atoms with Crippen LogP contribution in [0.25, 0.3) is 22.2 Å². The fourth-order valence-electron chi connectivity index (χ4n) is 3.47. The van der Waals surface area contributed by atoms with Crippen molar-refractivity contribution in [2.75, 3.05) is 29.5 Å². The largest absolute Gasteiger partial charge is 0.390 e. The molecule has 0 aliphatic heterocycles. The molecular weight excluding hydrogens is 535 g/mol. The van der Waals surface area contributed by atoms with Crippen molar-refractivity contribution in [3.05, 3.63) is 65.7 Å². The van der Waals surface area contributed by atoms with E-state index in [1.165, 1.54) is 17.1 Å². The van der Waals surface area contributed by atoms with Crippen molar-refractivity contribution in [2.45, 2.75) is 12.6 Å². The molecule has 3 aromatic heterocycles. The Hall–Kier alpha value is -4.14. The van der Waals surface area contributed by atoms with Gasteiger partial charge >= 0.3 is 6.18 Å². The molecule has 0 unspecified atom stereocenters. The number of sulfonamides is 1. The van der Waals surface area contributed by atoms with E-state index in [2.05, 4.69) is 19.9 Å². The molecule has 4 aromatic rings. The topological polar surface area (TPSA) is 121 Å². The summed E-state index contributed by atoms with van der Waals surface area (Å²) >= 11 is 0. The van der Waals surface area contributed by atoms with Gasteiger partial charge < -0.3 is 9.88 Å². The van der Waals surface area contributed by atoms with Crippen molar-refractivity contribution in [1.82, 2.24) is 19.9 Å². The Morgan fingerprint density at radius 2 is 1.68 bits per heavy atom. The van der Waals surface area contributed by atoms with Crippen molar-refractivity contribution in [3.8, 4) is 11.1 Å². The Morgan fingerprint density at radius 1 is 1.03 bits per heavy atom. The number of carbonyl (C=O) groups excluding carboxylic acids is 1. The molecule has 0 aliphatic carbocycles. The first kappa shape index (κ1) is 26.9. The predicted molar refractivity (Wildman–Crippen MR) is 129 cm³/mol. The predicted octanol–water partition coefficient (Wildman–Crippen LogP) is 4.29. The minimum Gasteiger partial charge on any atom is -0.347 e. The Labute approximate surface area is 212 Å². The summed E-state index contributed by atoms with van der Waals surface area (Å²) in [6.45, 7) is 0. The number of H-pyrrole nitrogens is 1. The lowest BCUT2D eigenvalue weighted by Crippen LogP contribution is -2.23. The maximum Gasteiger partial charge on any atom is 0.390 e. The van der Waals surface area contributed by atoms with Crippen LogP contribution in [0.1, 0.15) is 22.3 Å². The summed E-state index contributed by atoms with van der Waals surface area (Å²) in [4.78, 5) is 30.4. The van der Waals surface area contributed by atoms with Crippen LogP contribution in [-0.2, 0) is 10.0 Å². The van der Waals surface area contributed by atoms with Gasteiger partial charge in [-0.05, 0) is 18.2 Å². The van der Waals surface area contributed by atoms with Gasteiger partial charge in [-0.2, -0.15) is 13.2 Å². The van der Waals surface area contributed by atoms with E-state index in [9.17, 15) is 30.8 Å². The third-order valence-electron chi connectivity index (χ3n) is 5.39. The van der Waals surface area contributed by atoms with Gasteiger partial charge in [0.25, 0.3) is 0 Å². The molecule has 38 heavy (non-hydrogen) atoms. The standard InChI is InChI=1S/C23H19F5N6O3S/c1-34(2)22-31-9-13(10-32-22)12-7-15-16(11-30-21(15)29-8-12)20(35)14-3-4-17(24)19(18(14)25)33-38(36,37)6-5-23(26,27)28/h3-4,7-11,33H,5-6H2,1-2H3,(H,29,30). The number of aromatic amines is 1. The van der Waals surface area contributed by atoms with E-state index in [1.54, 1.807) is 37.5 Å². The zero-order valence-corrected chi connectivity index (χ0v) is 20.6. The van der Waals surface area contributed by atoms with E-state index in [0.29, 0.717) is 23.1 Å². The lowest BCUT2D eigenvalue weighted by Gasteiger charge is -2.13. The van der Waals surface area contributed by atoms with Gasteiger partial charge in [0, 0.05) is 61.0 Å². The molecule has 0 bridgehead atoms. The first-order chi connectivity index (χ1) is 17.8. The Balaban J connectivity index is 1.68.